The Morgan fingerprint density at radius 3 is 1.30 bits per heavy atom. The van der Waals surface area contributed by atoms with E-state index in [1.165, 1.54) is 0 Å². The Hall–Kier alpha value is -1.25. The van der Waals surface area contributed by atoms with Crippen molar-refractivity contribution in [3.8, 4) is 0 Å². The van der Waals surface area contributed by atoms with Gasteiger partial charge in [0.25, 0.3) is 0 Å². The summed E-state index contributed by atoms with van der Waals surface area (Å²) >= 11 is 0. The zero-order valence-corrected chi connectivity index (χ0v) is 20.5. The van der Waals surface area contributed by atoms with Crippen molar-refractivity contribution >= 4 is 6.16 Å². The summed E-state index contributed by atoms with van der Waals surface area (Å²) in [4.78, 5) is 12.4. The molecule has 172 valence electrons. The molecule has 30 heavy (non-hydrogen) atoms. The van der Waals surface area contributed by atoms with Crippen molar-refractivity contribution < 1.29 is 14.3 Å². The summed E-state index contributed by atoms with van der Waals surface area (Å²) in [7, 11) is 0. The lowest BCUT2D eigenvalue weighted by molar-refractivity contribution is -0.0104. The Morgan fingerprint density at radius 1 is 0.767 bits per heavy atom. The third-order valence-electron chi connectivity index (χ3n) is 8.23. The van der Waals surface area contributed by atoms with E-state index in [0.717, 1.165) is 51.4 Å². The van der Waals surface area contributed by atoms with Crippen molar-refractivity contribution in [1.82, 2.24) is 0 Å². The molecule has 0 atom stereocenters. The number of hydrogen-bond donors (Lipinski definition) is 0. The van der Waals surface area contributed by atoms with Crippen LogP contribution in [0, 0.1) is 33.5 Å². The predicted molar refractivity (Wildman–Crippen MR) is 125 cm³/mol. The van der Waals surface area contributed by atoms with E-state index < -0.39 is 6.16 Å². The second-order valence-electron chi connectivity index (χ2n) is 12.2. The highest BCUT2D eigenvalue weighted by atomic mass is 16.7. The molecule has 0 aromatic rings. The summed E-state index contributed by atoms with van der Waals surface area (Å²) in [5, 5.41) is 0. The summed E-state index contributed by atoms with van der Waals surface area (Å²) in [6.07, 6.45) is 12.2. The average molecular weight is 419 g/mol. The summed E-state index contributed by atoms with van der Waals surface area (Å²) in [6.45, 7) is 22.7. The SMILES string of the molecule is C=CC1(COC(=O)OCC2(C=C)CCC(C(C)(C)C)CC2)CCC(C(C)(C)C)CC1. The second kappa shape index (κ2) is 9.49. The van der Waals surface area contributed by atoms with Crippen molar-refractivity contribution in [2.75, 3.05) is 13.2 Å². The maximum Gasteiger partial charge on any atom is 0.508 e. The van der Waals surface area contributed by atoms with Gasteiger partial charge in [-0.15, -0.1) is 13.2 Å². The standard InChI is InChI=1S/C27H46O3/c1-9-26(15-11-21(12-16-26)24(3,4)5)19-29-23(28)30-20-27(10-2)17-13-22(14-18-27)25(6,7)8/h9-10,21-22H,1-2,11-20H2,3-8H3. The molecule has 0 amide bonds. The van der Waals surface area contributed by atoms with Crippen LogP contribution in [0.25, 0.3) is 0 Å². The van der Waals surface area contributed by atoms with Crippen LogP contribution >= 0.6 is 0 Å². The van der Waals surface area contributed by atoms with Crippen LogP contribution in [-0.2, 0) is 9.47 Å². The molecule has 2 fully saturated rings. The zero-order valence-electron chi connectivity index (χ0n) is 20.5. The minimum atomic E-state index is -0.548. The molecular weight excluding hydrogens is 372 g/mol. The first-order valence-electron chi connectivity index (χ1n) is 11.9. The molecule has 0 heterocycles. The van der Waals surface area contributed by atoms with Gasteiger partial charge in [0.2, 0.25) is 0 Å². The van der Waals surface area contributed by atoms with Gasteiger partial charge >= 0.3 is 6.16 Å². The van der Waals surface area contributed by atoms with E-state index in [4.69, 9.17) is 9.47 Å². The molecule has 2 saturated carbocycles. The fourth-order valence-corrected chi connectivity index (χ4v) is 5.38. The third-order valence-corrected chi connectivity index (χ3v) is 8.23. The first kappa shape index (κ1) is 25.0. The number of rotatable bonds is 6. The maximum absolute atomic E-state index is 12.4. The number of carbonyl (C=O) groups excluding carboxylic acids is 1. The fraction of sp³-hybridized carbons (Fsp3) is 0.815. The highest BCUT2D eigenvalue weighted by molar-refractivity contribution is 5.60. The van der Waals surface area contributed by atoms with E-state index in [1.54, 1.807) is 0 Å². The van der Waals surface area contributed by atoms with Crippen molar-refractivity contribution in [1.29, 1.82) is 0 Å². The Bertz CT molecular complexity index is 537. The minimum absolute atomic E-state index is 0.109. The van der Waals surface area contributed by atoms with Crippen LogP contribution in [0.4, 0.5) is 4.79 Å². The molecule has 0 unspecified atom stereocenters. The lowest BCUT2D eigenvalue weighted by atomic mass is 9.64. The Morgan fingerprint density at radius 2 is 1.07 bits per heavy atom. The van der Waals surface area contributed by atoms with Gasteiger partial charge < -0.3 is 9.47 Å². The lowest BCUT2D eigenvalue weighted by Crippen LogP contribution is -2.36. The molecule has 0 spiro atoms. The minimum Gasteiger partial charge on any atom is -0.433 e. The number of carbonyl (C=O) groups is 1. The third kappa shape index (κ3) is 6.37. The molecule has 3 heteroatoms. The van der Waals surface area contributed by atoms with E-state index in [9.17, 15) is 4.79 Å². The van der Waals surface area contributed by atoms with Crippen molar-refractivity contribution in [3.63, 3.8) is 0 Å². The quantitative estimate of drug-likeness (QED) is 0.324. The Balaban J connectivity index is 1.81. The predicted octanol–water partition coefficient (Wildman–Crippen LogP) is 7.96. The molecule has 0 aromatic heterocycles. The molecular formula is C27H46O3. The highest BCUT2D eigenvalue weighted by Gasteiger charge is 2.39. The van der Waals surface area contributed by atoms with E-state index in [1.807, 2.05) is 12.2 Å². The molecule has 0 radical (unpaired) electrons. The zero-order chi connectivity index (χ0) is 22.6. The van der Waals surface area contributed by atoms with Gasteiger partial charge in [0.1, 0.15) is 13.2 Å². The van der Waals surface area contributed by atoms with Gasteiger partial charge in [-0.05, 0) is 74.0 Å². The van der Waals surface area contributed by atoms with Gasteiger partial charge in [-0.3, -0.25) is 0 Å². The Labute approximate surface area is 185 Å². The van der Waals surface area contributed by atoms with Crippen LogP contribution in [-0.4, -0.2) is 19.4 Å². The molecule has 0 aromatic carbocycles. The largest absolute Gasteiger partial charge is 0.508 e. The monoisotopic (exact) mass is 418 g/mol. The molecule has 2 aliphatic rings. The van der Waals surface area contributed by atoms with Gasteiger partial charge in [-0.2, -0.15) is 0 Å². The molecule has 0 bridgehead atoms. The maximum atomic E-state index is 12.4. The van der Waals surface area contributed by atoms with Gasteiger partial charge in [0, 0.05) is 10.8 Å². The molecule has 0 aliphatic heterocycles. The van der Waals surface area contributed by atoms with Crippen molar-refractivity contribution in [3.05, 3.63) is 25.3 Å². The van der Waals surface area contributed by atoms with Crippen LogP contribution in [0.3, 0.4) is 0 Å². The molecule has 2 aliphatic carbocycles. The molecule has 0 N–H and O–H groups in total. The second-order valence-corrected chi connectivity index (χ2v) is 12.2. The van der Waals surface area contributed by atoms with Gasteiger partial charge in [-0.1, -0.05) is 53.7 Å². The molecule has 0 saturated heterocycles. The number of hydrogen-bond acceptors (Lipinski definition) is 3. The fourth-order valence-electron chi connectivity index (χ4n) is 5.38. The normalized spacial score (nSPS) is 32.9. The summed E-state index contributed by atoms with van der Waals surface area (Å²) in [5.74, 6) is 1.43. The van der Waals surface area contributed by atoms with Crippen LogP contribution in [0.5, 0.6) is 0 Å². The Kier molecular flexibility index (Phi) is 7.91. The summed E-state index contributed by atoms with van der Waals surface area (Å²) < 4.78 is 11.2. The molecule has 3 nitrogen and oxygen atoms in total. The van der Waals surface area contributed by atoms with Crippen LogP contribution in [0.2, 0.25) is 0 Å². The number of ether oxygens (including phenoxy) is 2. The van der Waals surface area contributed by atoms with Crippen molar-refractivity contribution in [2.45, 2.75) is 92.9 Å². The lowest BCUT2D eigenvalue weighted by Gasteiger charge is -2.42. The topological polar surface area (TPSA) is 35.5 Å². The van der Waals surface area contributed by atoms with Crippen LogP contribution < -0.4 is 0 Å². The first-order chi connectivity index (χ1) is 13.8. The van der Waals surface area contributed by atoms with Gasteiger partial charge in [0.05, 0.1) is 0 Å². The van der Waals surface area contributed by atoms with E-state index in [0.29, 0.717) is 35.9 Å². The van der Waals surface area contributed by atoms with Gasteiger partial charge in [-0.25, -0.2) is 4.79 Å². The van der Waals surface area contributed by atoms with Gasteiger partial charge in [0.15, 0.2) is 0 Å². The molecule has 2 rings (SSSR count). The average Bonchev–Trinajstić information content (AvgIpc) is 2.70. The first-order valence-corrected chi connectivity index (χ1v) is 11.9. The van der Waals surface area contributed by atoms with Crippen LogP contribution in [0.15, 0.2) is 25.3 Å². The smallest absolute Gasteiger partial charge is 0.433 e. The van der Waals surface area contributed by atoms with E-state index >= 15 is 0 Å². The summed E-state index contributed by atoms with van der Waals surface area (Å²) in [5.41, 5.74) is 0.444. The van der Waals surface area contributed by atoms with Crippen molar-refractivity contribution in [2.24, 2.45) is 33.5 Å². The summed E-state index contributed by atoms with van der Waals surface area (Å²) in [6, 6.07) is 0. The highest BCUT2D eigenvalue weighted by Crippen LogP contribution is 2.47. The van der Waals surface area contributed by atoms with Crippen LogP contribution in [0.1, 0.15) is 92.9 Å². The van der Waals surface area contributed by atoms with E-state index in [2.05, 4.69) is 54.7 Å². The van der Waals surface area contributed by atoms with E-state index in [-0.39, 0.29) is 10.8 Å².